The molecule has 0 amide bonds. The molecular weight excluding hydrogens is 332 g/mol. The van der Waals surface area contributed by atoms with Crippen LogP contribution in [0.3, 0.4) is 0 Å². The summed E-state index contributed by atoms with van der Waals surface area (Å²) in [5.74, 6) is 2.98. The Morgan fingerprint density at radius 3 is 2.62 bits per heavy atom. The molecule has 0 spiro atoms. The van der Waals surface area contributed by atoms with Gasteiger partial charge in [0.2, 0.25) is 6.79 Å². The van der Waals surface area contributed by atoms with Gasteiger partial charge in [-0.15, -0.1) is 0 Å². The number of rotatable bonds is 9. The van der Waals surface area contributed by atoms with E-state index < -0.39 is 0 Å². The molecule has 6 nitrogen and oxygen atoms in total. The van der Waals surface area contributed by atoms with Crippen LogP contribution in [0.25, 0.3) is 0 Å². The molecule has 0 aromatic heterocycles. The van der Waals surface area contributed by atoms with E-state index in [1.807, 2.05) is 36.4 Å². The lowest BCUT2D eigenvalue weighted by Gasteiger charge is -2.12. The number of unbranched alkanes of at least 4 members (excludes halogenated alkanes) is 1. The van der Waals surface area contributed by atoms with Crippen LogP contribution in [0, 0.1) is 11.3 Å². The fourth-order valence-electron chi connectivity index (χ4n) is 2.68. The molecule has 0 unspecified atom stereocenters. The summed E-state index contributed by atoms with van der Waals surface area (Å²) < 4.78 is 21.8. The summed E-state index contributed by atoms with van der Waals surface area (Å²) in [4.78, 5) is 0. The van der Waals surface area contributed by atoms with Gasteiger partial charge >= 0.3 is 0 Å². The third-order valence-electron chi connectivity index (χ3n) is 4.01. The van der Waals surface area contributed by atoms with Crippen LogP contribution in [0.2, 0.25) is 0 Å². The first-order valence-electron chi connectivity index (χ1n) is 8.56. The highest BCUT2D eigenvalue weighted by atomic mass is 16.7. The molecule has 6 heteroatoms. The third kappa shape index (κ3) is 4.58. The molecule has 0 aliphatic carbocycles. The molecule has 0 atom stereocenters. The van der Waals surface area contributed by atoms with Crippen LogP contribution in [-0.2, 0) is 13.1 Å². The molecule has 3 rings (SSSR count). The van der Waals surface area contributed by atoms with Crippen molar-refractivity contribution in [3.8, 4) is 29.1 Å². The van der Waals surface area contributed by atoms with E-state index in [1.165, 1.54) is 0 Å². The molecule has 136 valence electrons. The van der Waals surface area contributed by atoms with Gasteiger partial charge in [0.25, 0.3) is 0 Å². The minimum atomic E-state index is 0.287. The Hall–Kier alpha value is -2.91. The number of ether oxygens (including phenoxy) is 4. The van der Waals surface area contributed by atoms with E-state index in [2.05, 4.69) is 11.4 Å². The van der Waals surface area contributed by atoms with Crippen LogP contribution in [0.4, 0.5) is 0 Å². The van der Waals surface area contributed by atoms with Gasteiger partial charge in [-0.25, -0.2) is 0 Å². The maximum atomic E-state index is 8.60. The number of nitrogens with one attached hydrogen (secondary N) is 1. The van der Waals surface area contributed by atoms with E-state index in [-0.39, 0.29) is 6.79 Å². The summed E-state index contributed by atoms with van der Waals surface area (Å²) in [6.45, 7) is 2.21. The predicted molar refractivity (Wildman–Crippen MR) is 96.4 cm³/mol. The Labute approximate surface area is 153 Å². The topological polar surface area (TPSA) is 72.7 Å². The van der Waals surface area contributed by atoms with Crippen molar-refractivity contribution < 1.29 is 18.9 Å². The maximum absolute atomic E-state index is 8.60. The maximum Gasteiger partial charge on any atom is 0.231 e. The van der Waals surface area contributed by atoms with Gasteiger partial charge in [0.15, 0.2) is 23.0 Å². The average Bonchev–Trinajstić information content (AvgIpc) is 3.13. The lowest BCUT2D eigenvalue weighted by Crippen LogP contribution is -2.13. The number of nitrogens with zero attached hydrogens (tertiary/aromatic N) is 1. The van der Waals surface area contributed by atoms with Crippen LogP contribution >= 0.6 is 0 Å². The van der Waals surface area contributed by atoms with Crippen molar-refractivity contribution in [1.82, 2.24) is 5.32 Å². The number of methoxy groups -OCH3 is 1. The fraction of sp³-hybridized carbons (Fsp3) is 0.350. The quantitative estimate of drug-likeness (QED) is 0.696. The SMILES string of the molecule is COc1ccc(CNCc2ccc3c(c2)OCO3)cc1OCCCC#N. The fourth-order valence-corrected chi connectivity index (χ4v) is 2.68. The summed E-state index contributed by atoms with van der Waals surface area (Å²) in [5.41, 5.74) is 2.23. The van der Waals surface area contributed by atoms with E-state index in [4.69, 9.17) is 24.2 Å². The molecule has 2 aromatic rings. The van der Waals surface area contributed by atoms with Gasteiger partial charge in [-0.05, 0) is 41.8 Å². The Kier molecular flexibility index (Phi) is 6.18. The van der Waals surface area contributed by atoms with Crippen molar-refractivity contribution in [3.63, 3.8) is 0 Å². The lowest BCUT2D eigenvalue weighted by molar-refractivity contribution is 0.174. The monoisotopic (exact) mass is 354 g/mol. The highest BCUT2D eigenvalue weighted by molar-refractivity contribution is 5.45. The van der Waals surface area contributed by atoms with Gasteiger partial charge in [-0.1, -0.05) is 12.1 Å². The normalized spacial score (nSPS) is 11.8. The molecule has 0 saturated carbocycles. The van der Waals surface area contributed by atoms with Crippen LogP contribution in [0.5, 0.6) is 23.0 Å². The molecule has 2 aromatic carbocycles. The standard InChI is InChI=1S/C20H22N2O4/c1-23-17-6-4-15(10-19(17)24-9-3-2-8-21)12-22-13-16-5-7-18-20(11-16)26-14-25-18/h4-7,10-11,22H,2-3,9,12-14H2,1H3. The minimum Gasteiger partial charge on any atom is -0.493 e. The highest BCUT2D eigenvalue weighted by Crippen LogP contribution is 2.32. The second-order valence-electron chi connectivity index (χ2n) is 5.89. The molecule has 26 heavy (non-hydrogen) atoms. The first-order valence-corrected chi connectivity index (χ1v) is 8.56. The van der Waals surface area contributed by atoms with Crippen LogP contribution in [0.1, 0.15) is 24.0 Å². The minimum absolute atomic E-state index is 0.287. The van der Waals surface area contributed by atoms with E-state index >= 15 is 0 Å². The number of hydrogen-bond donors (Lipinski definition) is 1. The highest BCUT2D eigenvalue weighted by Gasteiger charge is 2.13. The van der Waals surface area contributed by atoms with E-state index in [0.717, 1.165) is 29.2 Å². The lowest BCUT2D eigenvalue weighted by atomic mass is 10.1. The van der Waals surface area contributed by atoms with E-state index in [0.29, 0.717) is 37.5 Å². The van der Waals surface area contributed by atoms with Gasteiger partial charge in [-0.2, -0.15) is 5.26 Å². The van der Waals surface area contributed by atoms with Gasteiger partial charge in [-0.3, -0.25) is 0 Å². The second kappa shape index (κ2) is 8.97. The molecule has 1 N–H and O–H groups in total. The zero-order valence-corrected chi connectivity index (χ0v) is 14.8. The van der Waals surface area contributed by atoms with Crippen molar-refractivity contribution >= 4 is 0 Å². The zero-order chi connectivity index (χ0) is 18.2. The molecule has 1 aliphatic heterocycles. The van der Waals surface area contributed by atoms with Crippen molar-refractivity contribution in [3.05, 3.63) is 47.5 Å². The summed E-state index contributed by atoms with van der Waals surface area (Å²) in [6.07, 6.45) is 1.19. The molecule has 0 fully saturated rings. The van der Waals surface area contributed by atoms with Crippen molar-refractivity contribution in [2.24, 2.45) is 0 Å². The van der Waals surface area contributed by atoms with Gasteiger partial charge in [0.05, 0.1) is 19.8 Å². The number of hydrogen-bond acceptors (Lipinski definition) is 6. The Morgan fingerprint density at radius 2 is 1.81 bits per heavy atom. The van der Waals surface area contributed by atoms with Crippen molar-refractivity contribution in [2.75, 3.05) is 20.5 Å². The summed E-state index contributed by atoms with van der Waals surface area (Å²) >= 11 is 0. The second-order valence-corrected chi connectivity index (χ2v) is 5.89. The number of nitriles is 1. The summed E-state index contributed by atoms with van der Waals surface area (Å²) in [7, 11) is 1.62. The average molecular weight is 354 g/mol. The van der Waals surface area contributed by atoms with Crippen molar-refractivity contribution in [2.45, 2.75) is 25.9 Å². The predicted octanol–water partition coefficient (Wildman–Crippen LogP) is 3.40. The smallest absolute Gasteiger partial charge is 0.231 e. The Morgan fingerprint density at radius 1 is 1.04 bits per heavy atom. The number of fused-ring (bicyclic) bond motifs is 1. The number of benzene rings is 2. The Bertz CT molecular complexity index is 786. The van der Waals surface area contributed by atoms with Crippen LogP contribution < -0.4 is 24.3 Å². The van der Waals surface area contributed by atoms with Crippen LogP contribution in [0.15, 0.2) is 36.4 Å². The third-order valence-corrected chi connectivity index (χ3v) is 4.01. The molecule has 1 aliphatic rings. The van der Waals surface area contributed by atoms with Crippen molar-refractivity contribution in [1.29, 1.82) is 5.26 Å². The first kappa shape index (κ1) is 17.9. The molecule has 0 bridgehead atoms. The van der Waals surface area contributed by atoms with Crippen LogP contribution in [-0.4, -0.2) is 20.5 Å². The molecule has 0 saturated heterocycles. The van der Waals surface area contributed by atoms with E-state index in [9.17, 15) is 0 Å². The molecular formula is C20H22N2O4. The van der Waals surface area contributed by atoms with E-state index in [1.54, 1.807) is 7.11 Å². The largest absolute Gasteiger partial charge is 0.493 e. The first-order chi connectivity index (χ1) is 12.8. The summed E-state index contributed by atoms with van der Waals surface area (Å²) in [6, 6.07) is 13.9. The van der Waals surface area contributed by atoms with Gasteiger partial charge < -0.3 is 24.3 Å². The van der Waals surface area contributed by atoms with Gasteiger partial charge in [0.1, 0.15) is 0 Å². The summed E-state index contributed by atoms with van der Waals surface area (Å²) in [5, 5.41) is 12.0. The van der Waals surface area contributed by atoms with Gasteiger partial charge in [0, 0.05) is 19.5 Å². The molecule has 1 heterocycles. The zero-order valence-electron chi connectivity index (χ0n) is 14.8. The molecule has 0 radical (unpaired) electrons. The Balaban J connectivity index is 1.54.